The van der Waals surface area contributed by atoms with Crippen LogP contribution >= 0.6 is 0 Å². The molecule has 16 heavy (non-hydrogen) atoms. The second kappa shape index (κ2) is 5.82. The van der Waals surface area contributed by atoms with E-state index < -0.39 is 5.82 Å². The molecule has 1 atom stereocenters. The van der Waals surface area contributed by atoms with Crippen LogP contribution in [0.2, 0.25) is 0 Å². The monoisotopic (exact) mass is 226 g/mol. The fourth-order valence-corrected chi connectivity index (χ4v) is 1.30. The highest BCUT2D eigenvalue weighted by molar-refractivity contribution is 5.33. The minimum Gasteiger partial charge on any atom is -0.505 e. The Morgan fingerprint density at radius 1 is 1.44 bits per heavy atom. The molecule has 1 unspecified atom stereocenters. The Kier molecular flexibility index (Phi) is 4.71. The minimum atomic E-state index is -0.569. The van der Waals surface area contributed by atoms with Crippen LogP contribution in [-0.2, 0) is 6.54 Å². The van der Waals surface area contributed by atoms with Crippen molar-refractivity contribution in [2.45, 2.75) is 19.5 Å². The third-order valence-electron chi connectivity index (χ3n) is 2.71. The number of rotatable bonds is 5. The molecule has 0 saturated heterocycles. The van der Waals surface area contributed by atoms with E-state index >= 15 is 0 Å². The first-order valence-corrected chi connectivity index (χ1v) is 5.36. The van der Waals surface area contributed by atoms with Crippen LogP contribution < -0.4 is 5.32 Å². The van der Waals surface area contributed by atoms with Crippen LogP contribution in [0.25, 0.3) is 0 Å². The molecule has 0 bridgehead atoms. The van der Waals surface area contributed by atoms with Crippen molar-refractivity contribution < 1.29 is 9.50 Å². The Morgan fingerprint density at radius 2 is 2.12 bits per heavy atom. The molecule has 0 aliphatic carbocycles. The molecule has 0 fully saturated rings. The summed E-state index contributed by atoms with van der Waals surface area (Å²) in [7, 11) is 4.01. The number of hydrogen-bond donors (Lipinski definition) is 2. The van der Waals surface area contributed by atoms with E-state index in [1.807, 2.05) is 14.1 Å². The maximum atomic E-state index is 13.0. The number of likely N-dealkylation sites (N-methyl/N-ethyl adjacent to an activating group) is 1. The Morgan fingerprint density at radius 3 is 2.75 bits per heavy atom. The number of benzene rings is 1. The molecule has 0 amide bonds. The largest absolute Gasteiger partial charge is 0.505 e. The smallest absolute Gasteiger partial charge is 0.165 e. The van der Waals surface area contributed by atoms with Crippen LogP contribution in [0.5, 0.6) is 5.75 Å². The van der Waals surface area contributed by atoms with E-state index in [4.69, 9.17) is 0 Å². The number of phenols is 1. The normalized spacial score (nSPS) is 13.1. The first kappa shape index (κ1) is 12.9. The van der Waals surface area contributed by atoms with Crippen LogP contribution in [-0.4, -0.2) is 36.7 Å². The summed E-state index contributed by atoms with van der Waals surface area (Å²) >= 11 is 0. The van der Waals surface area contributed by atoms with E-state index in [9.17, 15) is 9.50 Å². The highest BCUT2D eigenvalue weighted by atomic mass is 19.1. The van der Waals surface area contributed by atoms with Gasteiger partial charge in [-0.05, 0) is 27.1 Å². The summed E-state index contributed by atoms with van der Waals surface area (Å²) in [4.78, 5) is 2.10. The number of nitrogens with zero attached hydrogens (tertiary/aromatic N) is 1. The molecule has 0 aliphatic rings. The zero-order valence-electron chi connectivity index (χ0n) is 10.00. The topological polar surface area (TPSA) is 35.5 Å². The molecule has 1 aromatic rings. The van der Waals surface area contributed by atoms with E-state index in [1.54, 1.807) is 12.1 Å². The number of halogens is 1. The summed E-state index contributed by atoms with van der Waals surface area (Å²) < 4.78 is 13.0. The Hall–Kier alpha value is -1.13. The van der Waals surface area contributed by atoms with E-state index in [1.165, 1.54) is 6.07 Å². The van der Waals surface area contributed by atoms with Crippen molar-refractivity contribution >= 4 is 0 Å². The summed E-state index contributed by atoms with van der Waals surface area (Å²) in [6.07, 6.45) is 0. The van der Waals surface area contributed by atoms with E-state index in [2.05, 4.69) is 17.1 Å². The molecule has 90 valence electrons. The summed E-state index contributed by atoms with van der Waals surface area (Å²) in [5, 5.41) is 12.6. The lowest BCUT2D eigenvalue weighted by molar-refractivity contribution is 0.302. The second-order valence-electron chi connectivity index (χ2n) is 4.19. The fourth-order valence-electron chi connectivity index (χ4n) is 1.30. The molecule has 0 aliphatic heterocycles. The molecular weight excluding hydrogens is 207 g/mol. The number of phenolic OH excluding ortho intramolecular Hbond substituents is 1. The lowest BCUT2D eigenvalue weighted by Crippen LogP contribution is -2.35. The van der Waals surface area contributed by atoms with Gasteiger partial charge in [0.1, 0.15) is 0 Å². The third-order valence-corrected chi connectivity index (χ3v) is 2.71. The van der Waals surface area contributed by atoms with E-state index in [-0.39, 0.29) is 5.75 Å². The van der Waals surface area contributed by atoms with Crippen LogP contribution in [0.3, 0.4) is 0 Å². The first-order valence-electron chi connectivity index (χ1n) is 5.36. The Labute approximate surface area is 95.9 Å². The zero-order valence-corrected chi connectivity index (χ0v) is 10.00. The van der Waals surface area contributed by atoms with Gasteiger partial charge in [0.15, 0.2) is 11.6 Å². The highest BCUT2D eigenvalue weighted by Crippen LogP contribution is 2.20. The zero-order chi connectivity index (χ0) is 12.1. The molecule has 3 nitrogen and oxygen atoms in total. The average molecular weight is 226 g/mol. The molecule has 0 spiro atoms. The van der Waals surface area contributed by atoms with Gasteiger partial charge in [0.05, 0.1) is 0 Å². The van der Waals surface area contributed by atoms with Gasteiger partial charge in [-0.25, -0.2) is 4.39 Å². The Bertz CT molecular complexity index is 342. The average Bonchev–Trinajstić information content (AvgIpc) is 2.24. The molecule has 0 saturated carbocycles. The van der Waals surface area contributed by atoms with Gasteiger partial charge >= 0.3 is 0 Å². The quantitative estimate of drug-likeness (QED) is 0.800. The van der Waals surface area contributed by atoms with Crippen LogP contribution in [0.4, 0.5) is 4.39 Å². The molecule has 2 N–H and O–H groups in total. The third kappa shape index (κ3) is 3.47. The number of hydrogen-bond acceptors (Lipinski definition) is 3. The van der Waals surface area contributed by atoms with Gasteiger partial charge in [-0.3, -0.25) is 0 Å². The summed E-state index contributed by atoms with van der Waals surface area (Å²) in [6, 6.07) is 4.96. The van der Waals surface area contributed by atoms with Crippen molar-refractivity contribution in [1.29, 1.82) is 0 Å². The van der Waals surface area contributed by atoms with Gasteiger partial charge in [-0.15, -0.1) is 0 Å². The number of para-hydroxylation sites is 1. The van der Waals surface area contributed by atoms with Gasteiger partial charge < -0.3 is 15.3 Å². The SMILES string of the molecule is CC(CNCc1cccc(F)c1O)N(C)C. The van der Waals surface area contributed by atoms with E-state index in [0.717, 1.165) is 6.54 Å². The molecule has 0 heterocycles. The summed E-state index contributed by atoms with van der Waals surface area (Å²) in [5.41, 5.74) is 0.589. The molecule has 0 radical (unpaired) electrons. The van der Waals surface area contributed by atoms with Crippen molar-refractivity contribution in [1.82, 2.24) is 10.2 Å². The second-order valence-corrected chi connectivity index (χ2v) is 4.19. The fraction of sp³-hybridized carbons (Fsp3) is 0.500. The lowest BCUT2D eigenvalue weighted by Gasteiger charge is -2.20. The van der Waals surface area contributed by atoms with Gasteiger partial charge in [-0.1, -0.05) is 12.1 Å². The first-order chi connectivity index (χ1) is 7.52. The predicted molar refractivity (Wildman–Crippen MR) is 62.9 cm³/mol. The van der Waals surface area contributed by atoms with Crippen LogP contribution in [0, 0.1) is 5.82 Å². The van der Waals surface area contributed by atoms with Crippen molar-refractivity contribution in [3.05, 3.63) is 29.6 Å². The van der Waals surface area contributed by atoms with Gasteiger partial charge in [-0.2, -0.15) is 0 Å². The number of aromatic hydroxyl groups is 1. The lowest BCUT2D eigenvalue weighted by atomic mass is 10.2. The summed E-state index contributed by atoms with van der Waals surface area (Å²) in [6.45, 7) is 3.36. The highest BCUT2D eigenvalue weighted by Gasteiger charge is 2.07. The molecule has 4 heteroatoms. The molecule has 1 aromatic carbocycles. The number of nitrogens with one attached hydrogen (secondary N) is 1. The van der Waals surface area contributed by atoms with Gasteiger partial charge in [0.2, 0.25) is 0 Å². The maximum Gasteiger partial charge on any atom is 0.165 e. The predicted octanol–water partition coefficient (Wildman–Crippen LogP) is 1.57. The molecule has 0 aromatic heterocycles. The van der Waals surface area contributed by atoms with Crippen molar-refractivity contribution in [2.75, 3.05) is 20.6 Å². The van der Waals surface area contributed by atoms with E-state index in [0.29, 0.717) is 18.2 Å². The van der Waals surface area contributed by atoms with Crippen molar-refractivity contribution in [3.63, 3.8) is 0 Å². The standard InChI is InChI=1S/C12H19FN2O/c1-9(15(2)3)7-14-8-10-5-4-6-11(13)12(10)16/h4-6,9,14,16H,7-8H2,1-3H3. The van der Waals surface area contributed by atoms with Crippen molar-refractivity contribution in [3.8, 4) is 5.75 Å². The van der Waals surface area contributed by atoms with Gasteiger partial charge in [0.25, 0.3) is 0 Å². The molecule has 1 rings (SSSR count). The van der Waals surface area contributed by atoms with Crippen molar-refractivity contribution in [2.24, 2.45) is 0 Å². The van der Waals surface area contributed by atoms with Gasteiger partial charge in [0, 0.05) is 24.7 Å². The van der Waals surface area contributed by atoms with Crippen LogP contribution in [0.1, 0.15) is 12.5 Å². The van der Waals surface area contributed by atoms with Crippen LogP contribution in [0.15, 0.2) is 18.2 Å². The minimum absolute atomic E-state index is 0.257. The molecular formula is C12H19FN2O. The maximum absolute atomic E-state index is 13.0. The Balaban J connectivity index is 2.46. The summed E-state index contributed by atoms with van der Waals surface area (Å²) in [5.74, 6) is -0.826.